The molecule has 0 aromatic rings. The van der Waals surface area contributed by atoms with E-state index in [0.29, 0.717) is 6.54 Å². The molecule has 114 valence electrons. The molecule has 20 heavy (non-hydrogen) atoms. The average molecular weight is 299 g/mol. The number of amides is 1. The zero-order valence-corrected chi connectivity index (χ0v) is 14.0. The van der Waals surface area contributed by atoms with Crippen molar-refractivity contribution in [2.45, 2.75) is 76.1 Å². The van der Waals surface area contributed by atoms with Gasteiger partial charge in [0.25, 0.3) is 0 Å². The van der Waals surface area contributed by atoms with Gasteiger partial charge in [-0.1, -0.05) is 19.6 Å². The quantitative estimate of drug-likeness (QED) is 0.735. The van der Waals surface area contributed by atoms with Gasteiger partial charge in [0, 0.05) is 14.5 Å². The van der Waals surface area contributed by atoms with Crippen molar-refractivity contribution < 1.29 is 19.0 Å². The maximum Gasteiger partial charge on any atom is 0.410 e. The van der Waals surface area contributed by atoms with E-state index in [-0.39, 0.29) is 30.4 Å². The first-order valence-electron chi connectivity index (χ1n) is 7.47. The van der Waals surface area contributed by atoms with Crippen molar-refractivity contribution >= 4 is 14.2 Å². The van der Waals surface area contributed by atoms with Gasteiger partial charge in [0.1, 0.15) is 18.3 Å². The highest BCUT2D eigenvalue weighted by atomic mass is 28.3. The van der Waals surface area contributed by atoms with Crippen molar-refractivity contribution in [1.29, 1.82) is 0 Å². The molecule has 3 fully saturated rings. The van der Waals surface area contributed by atoms with Gasteiger partial charge in [-0.15, -0.1) is 0 Å². The van der Waals surface area contributed by atoms with E-state index >= 15 is 0 Å². The van der Waals surface area contributed by atoms with Crippen LogP contribution in [0, 0.1) is 0 Å². The fraction of sp³-hybridized carbons (Fsp3) is 0.929. The zero-order valence-electron chi connectivity index (χ0n) is 13.0. The van der Waals surface area contributed by atoms with Crippen LogP contribution in [0.4, 0.5) is 4.79 Å². The molecule has 0 saturated carbocycles. The predicted molar refractivity (Wildman–Crippen MR) is 77.4 cm³/mol. The molecule has 6 heteroatoms. The molecule has 0 aromatic heterocycles. The first kappa shape index (κ1) is 14.3. The summed E-state index contributed by atoms with van der Waals surface area (Å²) in [6.45, 7) is 11.4. The Morgan fingerprint density at radius 3 is 2.65 bits per heavy atom. The van der Waals surface area contributed by atoms with Gasteiger partial charge < -0.3 is 14.2 Å². The third-order valence-corrected chi connectivity index (χ3v) is 5.90. The second-order valence-corrected chi connectivity index (χ2v) is 13.4. The van der Waals surface area contributed by atoms with Gasteiger partial charge in [0.05, 0.1) is 12.6 Å². The molecule has 3 heterocycles. The van der Waals surface area contributed by atoms with Crippen LogP contribution in [0.3, 0.4) is 0 Å². The largest absolute Gasteiger partial charge is 0.446 e. The van der Waals surface area contributed by atoms with Crippen LogP contribution < -0.4 is 0 Å². The number of cyclic esters (lactones) is 1. The number of carbonyl (C=O) groups is 1. The van der Waals surface area contributed by atoms with E-state index in [2.05, 4.69) is 19.6 Å². The number of fused-ring (bicyclic) bond motifs is 3. The standard InChI is InChI=1S/C14H25NO4Si/c1-14(2)18-11-7-15-10(12(11)19-14)6-9(17-13(15)16)8-20(3,4)5/h9-12H,6-8H2,1-5H3/t9-,10+,11-,12+/m0/s1. The molecule has 4 atom stereocenters. The van der Waals surface area contributed by atoms with Gasteiger partial charge in [-0.2, -0.15) is 0 Å². The second-order valence-electron chi connectivity index (χ2n) is 7.86. The van der Waals surface area contributed by atoms with Crippen molar-refractivity contribution in [2.24, 2.45) is 0 Å². The van der Waals surface area contributed by atoms with Crippen LogP contribution in [0.5, 0.6) is 0 Å². The fourth-order valence-electron chi connectivity index (χ4n) is 3.64. The lowest BCUT2D eigenvalue weighted by molar-refractivity contribution is -0.164. The second kappa shape index (κ2) is 4.45. The summed E-state index contributed by atoms with van der Waals surface area (Å²) in [4.78, 5) is 14.0. The molecule has 3 aliphatic rings. The van der Waals surface area contributed by atoms with Gasteiger partial charge >= 0.3 is 6.09 Å². The predicted octanol–water partition coefficient (Wildman–Crippen LogP) is 2.44. The van der Waals surface area contributed by atoms with Crippen molar-refractivity contribution in [3.8, 4) is 0 Å². The first-order valence-corrected chi connectivity index (χ1v) is 11.2. The molecular formula is C14H25NO4Si. The minimum atomic E-state index is -1.25. The van der Waals surface area contributed by atoms with E-state index < -0.39 is 13.9 Å². The summed E-state index contributed by atoms with van der Waals surface area (Å²) in [5.41, 5.74) is 0. The van der Waals surface area contributed by atoms with Crippen molar-refractivity contribution in [3.05, 3.63) is 0 Å². The third kappa shape index (κ3) is 2.61. The van der Waals surface area contributed by atoms with Crippen LogP contribution in [0.1, 0.15) is 20.3 Å². The van der Waals surface area contributed by atoms with Gasteiger partial charge in [-0.25, -0.2) is 4.79 Å². The highest BCUT2D eigenvalue weighted by molar-refractivity contribution is 6.76. The Hall–Kier alpha value is -0.593. The number of rotatable bonds is 2. The van der Waals surface area contributed by atoms with E-state index in [9.17, 15) is 4.79 Å². The average Bonchev–Trinajstić information content (AvgIpc) is 2.69. The number of hydrogen-bond acceptors (Lipinski definition) is 4. The summed E-state index contributed by atoms with van der Waals surface area (Å²) in [6, 6.07) is 1.13. The van der Waals surface area contributed by atoms with E-state index in [1.54, 1.807) is 4.90 Å². The monoisotopic (exact) mass is 299 g/mol. The van der Waals surface area contributed by atoms with Crippen LogP contribution in [0.2, 0.25) is 25.7 Å². The Kier molecular flexibility index (Phi) is 3.19. The molecule has 0 bridgehead atoms. The molecule has 1 amide bonds. The molecular weight excluding hydrogens is 274 g/mol. The molecule has 0 N–H and O–H groups in total. The molecule has 3 rings (SSSR count). The summed E-state index contributed by atoms with van der Waals surface area (Å²) in [5.74, 6) is -0.531. The van der Waals surface area contributed by atoms with Crippen molar-refractivity contribution in [3.63, 3.8) is 0 Å². The third-order valence-electron chi connectivity index (χ3n) is 4.22. The zero-order chi connectivity index (χ0) is 14.7. The number of carbonyl (C=O) groups excluding carboxylic acids is 1. The number of nitrogens with zero attached hydrogens (tertiary/aromatic N) is 1. The lowest BCUT2D eigenvalue weighted by atomic mass is 10.0. The Bertz CT molecular complexity index is 420. The highest BCUT2D eigenvalue weighted by Crippen LogP contribution is 2.41. The van der Waals surface area contributed by atoms with Crippen molar-refractivity contribution in [1.82, 2.24) is 4.90 Å². The normalized spacial score (nSPS) is 39.5. The smallest absolute Gasteiger partial charge is 0.410 e. The van der Waals surface area contributed by atoms with Gasteiger partial charge in [-0.3, -0.25) is 4.90 Å². The van der Waals surface area contributed by atoms with E-state index in [1.165, 1.54) is 0 Å². The lowest BCUT2D eigenvalue weighted by Crippen LogP contribution is -2.50. The molecule has 0 unspecified atom stereocenters. The minimum Gasteiger partial charge on any atom is -0.446 e. The summed E-state index contributed by atoms with van der Waals surface area (Å²) in [5, 5.41) is 0. The molecule has 0 aliphatic carbocycles. The number of ether oxygens (including phenoxy) is 3. The van der Waals surface area contributed by atoms with Crippen LogP contribution in [-0.2, 0) is 14.2 Å². The Morgan fingerprint density at radius 1 is 1.30 bits per heavy atom. The Balaban J connectivity index is 1.73. The summed E-state index contributed by atoms with van der Waals surface area (Å²) in [6.07, 6.45) is 0.719. The minimum absolute atomic E-state index is 0.00184. The summed E-state index contributed by atoms with van der Waals surface area (Å²) >= 11 is 0. The molecule has 3 aliphatic heterocycles. The van der Waals surface area contributed by atoms with E-state index in [0.717, 1.165) is 12.5 Å². The lowest BCUT2D eigenvalue weighted by Gasteiger charge is -2.38. The summed E-state index contributed by atoms with van der Waals surface area (Å²) in [7, 11) is -1.25. The van der Waals surface area contributed by atoms with Crippen LogP contribution in [-0.4, -0.2) is 55.8 Å². The molecule has 5 nitrogen and oxygen atoms in total. The van der Waals surface area contributed by atoms with Gasteiger partial charge in [0.15, 0.2) is 5.79 Å². The summed E-state index contributed by atoms with van der Waals surface area (Å²) < 4.78 is 17.5. The molecule has 3 saturated heterocycles. The maximum absolute atomic E-state index is 12.2. The van der Waals surface area contributed by atoms with Crippen LogP contribution in [0.25, 0.3) is 0 Å². The maximum atomic E-state index is 12.2. The first-order chi connectivity index (χ1) is 9.15. The van der Waals surface area contributed by atoms with Crippen LogP contribution >= 0.6 is 0 Å². The fourth-order valence-corrected chi connectivity index (χ4v) is 5.26. The van der Waals surface area contributed by atoms with E-state index in [4.69, 9.17) is 14.2 Å². The molecule has 0 aromatic carbocycles. The molecule has 0 radical (unpaired) electrons. The number of hydrogen-bond donors (Lipinski definition) is 0. The topological polar surface area (TPSA) is 48.0 Å². The van der Waals surface area contributed by atoms with E-state index in [1.807, 2.05) is 13.8 Å². The SMILES string of the molecule is CC1(C)O[C@H]2[C@H](CN3C(=O)O[C@H](C[Si](C)(C)C)C[C@H]23)O1. The Labute approximate surface area is 121 Å². The Morgan fingerprint density at radius 2 is 2.00 bits per heavy atom. The van der Waals surface area contributed by atoms with Crippen molar-refractivity contribution in [2.75, 3.05) is 6.54 Å². The van der Waals surface area contributed by atoms with Crippen LogP contribution in [0.15, 0.2) is 0 Å². The highest BCUT2D eigenvalue weighted by Gasteiger charge is 2.56. The van der Waals surface area contributed by atoms with Gasteiger partial charge in [-0.05, 0) is 19.9 Å². The van der Waals surface area contributed by atoms with Gasteiger partial charge in [0.2, 0.25) is 0 Å². The molecule has 0 spiro atoms.